The van der Waals surface area contributed by atoms with Crippen molar-refractivity contribution in [3.05, 3.63) is 114 Å². The van der Waals surface area contributed by atoms with Gasteiger partial charge in [0.2, 0.25) is 0 Å². The molecule has 1 aliphatic carbocycles. The first kappa shape index (κ1) is 22.2. The fourth-order valence-corrected chi connectivity index (χ4v) is 6.43. The van der Waals surface area contributed by atoms with E-state index in [1.807, 2.05) is 36.5 Å². The molecule has 4 aromatic heterocycles. The SMILES string of the molecule is N#Cc1ccc2c(c1)c1cc(-c3ccc4oc5c(c4c3)C=CCC5)ccc1n2-c1ccc2oc3ccncc3c2c1. The van der Waals surface area contributed by atoms with Crippen molar-refractivity contribution in [2.45, 2.75) is 12.8 Å². The monoisotopic (exact) mass is 527 g/mol. The lowest BCUT2D eigenvalue weighted by Crippen LogP contribution is -1.93. The summed E-state index contributed by atoms with van der Waals surface area (Å²) in [4.78, 5) is 4.32. The normalized spacial score (nSPS) is 13.0. The molecular weight excluding hydrogens is 506 g/mol. The smallest absolute Gasteiger partial charge is 0.138 e. The zero-order chi connectivity index (χ0) is 27.1. The second-order valence-electron chi connectivity index (χ2n) is 10.7. The standard InChI is InChI=1S/C36H21N3O2/c37-19-21-5-9-31-26(15-21)27-16-22(23-7-11-34-28(17-23)25-3-1-2-4-33(25)40-34)6-10-32(27)39(31)24-8-12-35-29(18-24)30-20-38-14-13-36(30)41-35/h1,3,5-18,20H,2,4H2. The van der Waals surface area contributed by atoms with Crippen molar-refractivity contribution in [3.8, 4) is 22.9 Å². The molecular formula is C36H21N3O2. The Balaban J connectivity index is 1.28. The van der Waals surface area contributed by atoms with Crippen LogP contribution in [0.25, 0.3) is 77.6 Å². The minimum absolute atomic E-state index is 0.641. The van der Waals surface area contributed by atoms with Gasteiger partial charge in [-0.05, 0) is 84.3 Å². The Bertz CT molecular complexity index is 2450. The minimum Gasteiger partial charge on any atom is -0.460 e. The van der Waals surface area contributed by atoms with Gasteiger partial charge in [-0.3, -0.25) is 4.98 Å². The van der Waals surface area contributed by atoms with Gasteiger partial charge in [-0.15, -0.1) is 0 Å². The maximum atomic E-state index is 9.71. The van der Waals surface area contributed by atoms with Crippen LogP contribution in [0.15, 0.2) is 106 Å². The topological polar surface area (TPSA) is 67.9 Å². The molecule has 0 saturated heterocycles. The van der Waals surface area contributed by atoms with E-state index in [2.05, 4.69) is 76.3 Å². The number of allylic oxidation sites excluding steroid dienone is 1. The van der Waals surface area contributed by atoms with Crippen LogP contribution in [0.4, 0.5) is 0 Å². The predicted molar refractivity (Wildman–Crippen MR) is 163 cm³/mol. The molecule has 8 aromatic rings. The molecule has 0 saturated carbocycles. The molecule has 0 atom stereocenters. The van der Waals surface area contributed by atoms with Crippen molar-refractivity contribution in [3.63, 3.8) is 0 Å². The lowest BCUT2D eigenvalue weighted by Gasteiger charge is -2.09. The Morgan fingerprint density at radius 1 is 0.707 bits per heavy atom. The summed E-state index contributed by atoms with van der Waals surface area (Å²) in [5.41, 5.74) is 9.83. The van der Waals surface area contributed by atoms with E-state index in [9.17, 15) is 5.26 Å². The molecule has 9 rings (SSSR count). The third-order valence-corrected chi connectivity index (χ3v) is 8.37. The number of furan rings is 2. The Morgan fingerprint density at radius 3 is 2.37 bits per heavy atom. The van der Waals surface area contributed by atoms with Crippen LogP contribution in [0, 0.1) is 11.3 Å². The van der Waals surface area contributed by atoms with Crippen LogP contribution in [0.5, 0.6) is 0 Å². The molecule has 1 aliphatic rings. The summed E-state index contributed by atoms with van der Waals surface area (Å²) < 4.78 is 14.5. The molecule has 192 valence electrons. The molecule has 0 spiro atoms. The molecule has 0 bridgehead atoms. The van der Waals surface area contributed by atoms with Gasteiger partial charge < -0.3 is 13.4 Å². The first-order chi connectivity index (χ1) is 20.2. The Hall–Kier alpha value is -5.60. The highest BCUT2D eigenvalue weighted by Gasteiger charge is 2.18. The maximum Gasteiger partial charge on any atom is 0.138 e. The molecule has 0 amide bonds. The summed E-state index contributed by atoms with van der Waals surface area (Å²) in [6, 6.07) is 29.5. The number of nitrogens with zero attached hydrogens (tertiary/aromatic N) is 3. The van der Waals surface area contributed by atoms with Crippen LogP contribution in [0.2, 0.25) is 0 Å². The van der Waals surface area contributed by atoms with Crippen LogP contribution < -0.4 is 0 Å². The van der Waals surface area contributed by atoms with Gasteiger partial charge in [0, 0.05) is 57.0 Å². The third kappa shape index (κ3) is 3.19. The lowest BCUT2D eigenvalue weighted by atomic mass is 9.98. The molecule has 0 N–H and O–H groups in total. The number of aryl methyl sites for hydroxylation is 1. The maximum absolute atomic E-state index is 9.71. The molecule has 5 nitrogen and oxygen atoms in total. The Morgan fingerprint density at radius 2 is 1.46 bits per heavy atom. The van der Waals surface area contributed by atoms with E-state index in [1.165, 1.54) is 5.56 Å². The zero-order valence-electron chi connectivity index (χ0n) is 21.9. The average Bonchev–Trinajstić information content (AvgIpc) is 3.69. The van der Waals surface area contributed by atoms with E-state index in [0.29, 0.717) is 5.56 Å². The van der Waals surface area contributed by atoms with Gasteiger partial charge in [0.15, 0.2) is 0 Å². The van der Waals surface area contributed by atoms with E-state index in [4.69, 9.17) is 8.83 Å². The first-order valence-corrected chi connectivity index (χ1v) is 13.7. The molecule has 0 unspecified atom stereocenters. The highest BCUT2D eigenvalue weighted by atomic mass is 16.3. The number of hydrogen-bond donors (Lipinski definition) is 0. The summed E-state index contributed by atoms with van der Waals surface area (Å²) in [6.45, 7) is 0. The van der Waals surface area contributed by atoms with Gasteiger partial charge in [-0.1, -0.05) is 24.3 Å². The summed E-state index contributed by atoms with van der Waals surface area (Å²) in [5, 5.41) is 15.0. The van der Waals surface area contributed by atoms with E-state index in [0.717, 1.165) is 90.1 Å². The van der Waals surface area contributed by atoms with Gasteiger partial charge in [0.1, 0.15) is 22.5 Å². The van der Waals surface area contributed by atoms with Crippen LogP contribution in [-0.2, 0) is 6.42 Å². The van der Waals surface area contributed by atoms with E-state index in [1.54, 1.807) is 6.20 Å². The molecule has 5 heteroatoms. The summed E-state index contributed by atoms with van der Waals surface area (Å²) in [6.07, 6.45) is 9.97. The largest absolute Gasteiger partial charge is 0.460 e. The number of aromatic nitrogens is 2. The van der Waals surface area contributed by atoms with Crippen LogP contribution in [-0.4, -0.2) is 9.55 Å². The first-order valence-electron chi connectivity index (χ1n) is 13.7. The van der Waals surface area contributed by atoms with Gasteiger partial charge in [0.05, 0.1) is 22.7 Å². The average molecular weight is 528 g/mol. The number of pyridine rings is 1. The summed E-state index contributed by atoms with van der Waals surface area (Å²) >= 11 is 0. The fraction of sp³-hybridized carbons (Fsp3) is 0.0556. The quantitative estimate of drug-likeness (QED) is 0.225. The van der Waals surface area contributed by atoms with E-state index in [-0.39, 0.29) is 0 Å². The Kier molecular flexibility index (Phi) is 4.45. The van der Waals surface area contributed by atoms with Crippen molar-refractivity contribution in [2.24, 2.45) is 0 Å². The van der Waals surface area contributed by atoms with Crippen LogP contribution in [0.1, 0.15) is 23.3 Å². The second-order valence-corrected chi connectivity index (χ2v) is 10.7. The molecule has 0 radical (unpaired) electrons. The molecule has 0 aliphatic heterocycles. The number of nitriles is 1. The zero-order valence-corrected chi connectivity index (χ0v) is 21.9. The van der Waals surface area contributed by atoms with Crippen molar-refractivity contribution >= 4 is 60.8 Å². The number of hydrogen-bond acceptors (Lipinski definition) is 4. The summed E-state index contributed by atoms with van der Waals surface area (Å²) in [5.74, 6) is 1.07. The van der Waals surface area contributed by atoms with Gasteiger partial charge in [-0.25, -0.2) is 0 Å². The second kappa shape index (κ2) is 8.20. The number of rotatable bonds is 2. The van der Waals surface area contributed by atoms with Gasteiger partial charge in [-0.2, -0.15) is 5.26 Å². The highest BCUT2D eigenvalue weighted by Crippen LogP contribution is 2.39. The Labute approximate surface area is 234 Å². The van der Waals surface area contributed by atoms with Crippen LogP contribution in [0.3, 0.4) is 0 Å². The molecule has 4 heterocycles. The van der Waals surface area contributed by atoms with Crippen molar-refractivity contribution in [1.82, 2.24) is 9.55 Å². The van der Waals surface area contributed by atoms with Gasteiger partial charge >= 0.3 is 0 Å². The van der Waals surface area contributed by atoms with Crippen LogP contribution >= 0.6 is 0 Å². The van der Waals surface area contributed by atoms with Gasteiger partial charge in [0.25, 0.3) is 0 Å². The third-order valence-electron chi connectivity index (χ3n) is 8.37. The number of benzene rings is 4. The molecule has 4 aromatic carbocycles. The number of fused-ring (bicyclic) bond motifs is 9. The van der Waals surface area contributed by atoms with Crippen molar-refractivity contribution < 1.29 is 8.83 Å². The van der Waals surface area contributed by atoms with E-state index < -0.39 is 0 Å². The lowest BCUT2D eigenvalue weighted by molar-refractivity contribution is 0.546. The highest BCUT2D eigenvalue weighted by molar-refractivity contribution is 6.12. The summed E-state index contributed by atoms with van der Waals surface area (Å²) in [7, 11) is 0. The van der Waals surface area contributed by atoms with Crippen molar-refractivity contribution in [2.75, 3.05) is 0 Å². The predicted octanol–water partition coefficient (Wildman–Crippen LogP) is 9.32. The van der Waals surface area contributed by atoms with E-state index >= 15 is 0 Å². The minimum atomic E-state index is 0.641. The molecule has 0 fully saturated rings. The molecule has 41 heavy (non-hydrogen) atoms. The van der Waals surface area contributed by atoms with Crippen molar-refractivity contribution in [1.29, 1.82) is 5.26 Å². The fourth-order valence-electron chi connectivity index (χ4n) is 6.43.